The van der Waals surface area contributed by atoms with Gasteiger partial charge < -0.3 is 0 Å². The van der Waals surface area contributed by atoms with Crippen LogP contribution in [0.4, 0.5) is 0 Å². The largest absolute Gasteiger partial charge is 0.244 e. The molecular formula is C10H18Cl2NP. The molecule has 0 spiro atoms. The number of nitrogens with zero attached hydrogens (tertiary/aromatic N) is 1. The Balaban J connectivity index is 2.97. The van der Waals surface area contributed by atoms with Gasteiger partial charge in [-0.2, -0.15) is 0 Å². The van der Waals surface area contributed by atoms with Gasteiger partial charge in [-0.1, -0.05) is 23.2 Å². The quantitative estimate of drug-likeness (QED) is 0.624. The zero-order valence-corrected chi connectivity index (χ0v) is 11.7. The van der Waals surface area contributed by atoms with Crippen LogP contribution >= 0.6 is 31.6 Å². The van der Waals surface area contributed by atoms with Crippen molar-refractivity contribution in [2.75, 3.05) is 0 Å². The molecule has 0 aromatic rings. The van der Waals surface area contributed by atoms with E-state index < -0.39 is 0 Å². The first-order valence-electron chi connectivity index (χ1n) is 4.96. The second-order valence-electron chi connectivity index (χ2n) is 5.13. The van der Waals surface area contributed by atoms with Crippen molar-refractivity contribution in [2.45, 2.75) is 58.0 Å². The molecule has 1 aliphatic rings. The van der Waals surface area contributed by atoms with Gasteiger partial charge in [-0.3, -0.25) is 0 Å². The number of halogens is 2. The third kappa shape index (κ3) is 2.85. The Labute approximate surface area is 98.6 Å². The molecule has 1 heterocycles. The van der Waals surface area contributed by atoms with Gasteiger partial charge in [-0.25, -0.2) is 4.67 Å². The third-order valence-corrected chi connectivity index (χ3v) is 4.79. The standard InChI is InChI=1S/C10H18Cl2NP/c1-9(2)6-5-7-10(3,4)13(9)14-8(11)12/h5-7H2,1-4H3. The number of hydrogen-bond acceptors (Lipinski definition) is 1. The van der Waals surface area contributed by atoms with E-state index in [0.29, 0.717) is 4.21 Å². The summed E-state index contributed by atoms with van der Waals surface area (Å²) in [6.07, 6.45) is 3.71. The second kappa shape index (κ2) is 4.29. The van der Waals surface area contributed by atoms with Gasteiger partial charge in [-0.15, -0.1) is 0 Å². The minimum absolute atomic E-state index is 0.193. The highest BCUT2D eigenvalue weighted by atomic mass is 35.5. The van der Waals surface area contributed by atoms with Crippen LogP contribution in [0.2, 0.25) is 0 Å². The van der Waals surface area contributed by atoms with Crippen molar-refractivity contribution in [3.63, 3.8) is 0 Å². The first-order valence-corrected chi connectivity index (χ1v) is 6.56. The van der Waals surface area contributed by atoms with E-state index >= 15 is 0 Å². The highest BCUT2D eigenvalue weighted by molar-refractivity contribution is 7.50. The highest BCUT2D eigenvalue weighted by Gasteiger charge is 2.40. The molecule has 1 nitrogen and oxygen atoms in total. The molecule has 1 saturated heterocycles. The molecule has 0 unspecified atom stereocenters. The molecule has 0 aliphatic carbocycles. The molecule has 0 N–H and O–H groups in total. The molecule has 0 aromatic heterocycles. The third-order valence-electron chi connectivity index (χ3n) is 2.90. The lowest BCUT2D eigenvalue weighted by atomic mass is 9.83. The summed E-state index contributed by atoms with van der Waals surface area (Å²) in [4.78, 5) is 0. The van der Waals surface area contributed by atoms with E-state index in [-0.39, 0.29) is 11.1 Å². The molecule has 0 aromatic carbocycles. The summed E-state index contributed by atoms with van der Waals surface area (Å²) >= 11 is 11.6. The van der Waals surface area contributed by atoms with Gasteiger partial charge in [0.2, 0.25) is 0 Å². The Kier molecular flexibility index (Phi) is 3.92. The van der Waals surface area contributed by atoms with Crippen molar-refractivity contribution < 1.29 is 0 Å². The van der Waals surface area contributed by atoms with Crippen molar-refractivity contribution in [3.05, 3.63) is 0 Å². The topological polar surface area (TPSA) is 3.24 Å². The van der Waals surface area contributed by atoms with Crippen LogP contribution in [0.5, 0.6) is 0 Å². The average Bonchev–Trinajstić information content (AvgIpc) is 1.96. The maximum Gasteiger partial charge on any atom is 0.144 e. The zero-order valence-electron chi connectivity index (χ0n) is 9.27. The summed E-state index contributed by atoms with van der Waals surface area (Å²) in [6, 6.07) is 0. The first kappa shape index (κ1) is 12.8. The van der Waals surface area contributed by atoms with Crippen LogP contribution in [-0.2, 0) is 0 Å². The number of rotatable bonds is 1. The zero-order chi connectivity index (χ0) is 11.0. The predicted molar refractivity (Wildman–Crippen MR) is 67.5 cm³/mol. The normalized spacial score (nSPS) is 26.4. The molecule has 0 bridgehead atoms. The van der Waals surface area contributed by atoms with Crippen molar-refractivity contribution in [3.8, 4) is 0 Å². The first-order chi connectivity index (χ1) is 6.26. The van der Waals surface area contributed by atoms with E-state index in [1.165, 1.54) is 19.3 Å². The molecule has 0 atom stereocenters. The Morgan fingerprint density at radius 3 is 1.86 bits per heavy atom. The lowest BCUT2D eigenvalue weighted by molar-refractivity contribution is 0.0657. The molecule has 14 heavy (non-hydrogen) atoms. The average molecular weight is 254 g/mol. The Hall–Kier alpha value is 0.710. The minimum atomic E-state index is 0.193. The summed E-state index contributed by atoms with van der Waals surface area (Å²) in [6.45, 7) is 9.05. The SMILES string of the molecule is CC1(C)CCCC(C)(C)N1P=C(Cl)Cl. The van der Waals surface area contributed by atoms with Gasteiger partial charge in [0.25, 0.3) is 0 Å². The van der Waals surface area contributed by atoms with Crippen molar-refractivity contribution in [1.82, 2.24) is 4.67 Å². The van der Waals surface area contributed by atoms with E-state index in [1.54, 1.807) is 0 Å². The molecule has 1 rings (SSSR count). The van der Waals surface area contributed by atoms with Crippen molar-refractivity contribution in [2.24, 2.45) is 0 Å². The van der Waals surface area contributed by atoms with E-state index in [9.17, 15) is 0 Å². The molecular weight excluding hydrogens is 236 g/mol. The highest BCUT2D eigenvalue weighted by Crippen LogP contribution is 2.43. The van der Waals surface area contributed by atoms with Crippen LogP contribution in [0, 0.1) is 0 Å². The molecule has 4 heteroatoms. The monoisotopic (exact) mass is 253 g/mol. The molecule has 0 radical (unpaired) electrons. The van der Waals surface area contributed by atoms with Gasteiger partial charge in [0.05, 0.1) is 0 Å². The molecule has 0 amide bonds. The Morgan fingerprint density at radius 1 is 1.07 bits per heavy atom. The van der Waals surface area contributed by atoms with Crippen molar-refractivity contribution in [1.29, 1.82) is 0 Å². The minimum Gasteiger partial charge on any atom is -0.244 e. The maximum absolute atomic E-state index is 5.79. The summed E-state index contributed by atoms with van der Waals surface area (Å²) < 4.78 is 2.83. The van der Waals surface area contributed by atoms with Crippen molar-refractivity contribution >= 4 is 35.8 Å². The van der Waals surface area contributed by atoms with E-state index in [1.807, 2.05) is 0 Å². The summed E-state index contributed by atoms with van der Waals surface area (Å²) in [7, 11) is 0.946. The molecule has 1 fully saturated rings. The van der Waals surface area contributed by atoms with E-state index in [2.05, 4.69) is 32.4 Å². The second-order valence-corrected chi connectivity index (χ2v) is 7.65. The van der Waals surface area contributed by atoms with Gasteiger partial charge in [0, 0.05) is 19.4 Å². The van der Waals surface area contributed by atoms with Crippen LogP contribution in [-0.4, -0.2) is 20.0 Å². The van der Waals surface area contributed by atoms with E-state index in [4.69, 9.17) is 23.2 Å². The van der Waals surface area contributed by atoms with Crippen LogP contribution in [0.25, 0.3) is 0 Å². The van der Waals surface area contributed by atoms with Crippen LogP contribution in [0.15, 0.2) is 0 Å². The summed E-state index contributed by atoms with van der Waals surface area (Å²) in [5, 5.41) is 0. The lowest BCUT2D eigenvalue weighted by Crippen LogP contribution is -2.53. The Bertz CT molecular complexity index is 229. The summed E-state index contributed by atoms with van der Waals surface area (Å²) in [5.74, 6) is 0. The fourth-order valence-corrected chi connectivity index (χ4v) is 3.68. The fourth-order valence-electron chi connectivity index (χ4n) is 2.33. The van der Waals surface area contributed by atoms with Gasteiger partial charge in [-0.05, 0) is 47.0 Å². The molecule has 82 valence electrons. The number of piperidine rings is 1. The Morgan fingerprint density at radius 2 is 1.50 bits per heavy atom. The van der Waals surface area contributed by atoms with Gasteiger partial charge in [0.1, 0.15) is 4.21 Å². The molecule has 0 saturated carbocycles. The number of hydrogen-bond donors (Lipinski definition) is 0. The van der Waals surface area contributed by atoms with Gasteiger partial charge in [0.15, 0.2) is 0 Å². The smallest absolute Gasteiger partial charge is 0.144 e. The van der Waals surface area contributed by atoms with Crippen LogP contribution < -0.4 is 0 Å². The van der Waals surface area contributed by atoms with Gasteiger partial charge >= 0.3 is 0 Å². The summed E-state index contributed by atoms with van der Waals surface area (Å²) in [5.41, 5.74) is 0.386. The maximum atomic E-state index is 5.79. The van der Waals surface area contributed by atoms with Crippen LogP contribution in [0.1, 0.15) is 47.0 Å². The molecule has 1 aliphatic heterocycles. The fraction of sp³-hybridized carbons (Fsp3) is 0.900. The van der Waals surface area contributed by atoms with E-state index in [0.717, 1.165) is 8.35 Å². The predicted octanol–water partition coefficient (Wildman–Crippen LogP) is 4.46. The van der Waals surface area contributed by atoms with Crippen LogP contribution in [0.3, 0.4) is 0 Å². The lowest BCUT2D eigenvalue weighted by Gasteiger charge is -2.50.